The summed E-state index contributed by atoms with van der Waals surface area (Å²) in [7, 11) is 0. The van der Waals surface area contributed by atoms with E-state index in [0.717, 1.165) is 17.8 Å². The maximum absolute atomic E-state index is 5.95. The van der Waals surface area contributed by atoms with Crippen LogP contribution in [0.25, 0.3) is 0 Å². The first-order valence-corrected chi connectivity index (χ1v) is 6.30. The van der Waals surface area contributed by atoms with Gasteiger partial charge in [0, 0.05) is 9.61 Å². The molecule has 0 aromatic heterocycles. The second-order valence-corrected chi connectivity index (χ2v) is 5.10. The van der Waals surface area contributed by atoms with Gasteiger partial charge in [-0.05, 0) is 60.1 Å². The molecule has 0 bridgehead atoms. The second-order valence-electron chi connectivity index (χ2n) is 3.86. The first-order chi connectivity index (χ1) is 7.25. The van der Waals surface area contributed by atoms with Crippen LogP contribution in [-0.2, 0) is 0 Å². The Balaban J connectivity index is 2.06. The Morgan fingerprint density at radius 1 is 1.33 bits per heavy atom. The summed E-state index contributed by atoms with van der Waals surface area (Å²) in [5.74, 6) is 0. The van der Waals surface area contributed by atoms with Gasteiger partial charge in [0.15, 0.2) is 0 Å². The van der Waals surface area contributed by atoms with E-state index in [9.17, 15) is 0 Å². The van der Waals surface area contributed by atoms with Crippen LogP contribution >= 0.6 is 22.6 Å². The molecule has 0 amide bonds. The van der Waals surface area contributed by atoms with Crippen molar-refractivity contribution in [2.75, 3.05) is 11.1 Å². The molecule has 0 saturated heterocycles. The third-order valence-electron chi connectivity index (χ3n) is 2.64. The lowest BCUT2D eigenvalue weighted by atomic mass is 10.0. The first kappa shape index (κ1) is 10.8. The van der Waals surface area contributed by atoms with Crippen LogP contribution in [0, 0.1) is 3.57 Å². The minimum absolute atomic E-state index is 0.539. The Hall–Kier alpha value is -0.710. The molecule has 0 aliphatic heterocycles. The summed E-state index contributed by atoms with van der Waals surface area (Å²) in [6, 6.07) is 6.69. The number of hydrogen-bond acceptors (Lipinski definition) is 2. The smallest absolute Gasteiger partial charge is 0.0576 e. The predicted molar refractivity (Wildman–Crippen MR) is 74.0 cm³/mol. The zero-order valence-corrected chi connectivity index (χ0v) is 10.7. The lowest BCUT2D eigenvalue weighted by Gasteiger charge is -2.21. The highest BCUT2D eigenvalue weighted by atomic mass is 127. The number of benzene rings is 1. The van der Waals surface area contributed by atoms with Crippen LogP contribution in [0.15, 0.2) is 30.4 Å². The van der Waals surface area contributed by atoms with Crippen LogP contribution in [0.5, 0.6) is 0 Å². The highest BCUT2D eigenvalue weighted by Gasteiger charge is 2.10. The molecule has 3 N–H and O–H groups in total. The molecule has 0 saturated carbocycles. The molecule has 1 aliphatic carbocycles. The molecular weight excluding hydrogens is 299 g/mol. The molecule has 0 fully saturated rings. The summed E-state index contributed by atoms with van der Waals surface area (Å²) in [5.41, 5.74) is 7.86. The van der Waals surface area contributed by atoms with E-state index in [1.807, 2.05) is 6.07 Å². The number of anilines is 2. The van der Waals surface area contributed by atoms with Gasteiger partial charge < -0.3 is 11.1 Å². The number of rotatable bonds is 2. The molecule has 1 unspecified atom stereocenters. The van der Waals surface area contributed by atoms with E-state index in [-0.39, 0.29) is 0 Å². The number of nitrogen functional groups attached to an aromatic ring is 1. The number of halogens is 1. The standard InChI is InChI=1S/C12H15IN2/c13-9-6-7-12(11(14)8-9)15-10-4-2-1-3-5-10/h1-2,6-8,10,15H,3-5,14H2. The van der Waals surface area contributed by atoms with Gasteiger partial charge in [0.25, 0.3) is 0 Å². The fourth-order valence-corrected chi connectivity index (χ4v) is 2.32. The van der Waals surface area contributed by atoms with Crippen LogP contribution in [0.4, 0.5) is 11.4 Å². The number of allylic oxidation sites excluding steroid dienone is 1. The highest BCUT2D eigenvalue weighted by Crippen LogP contribution is 2.24. The predicted octanol–water partition coefficient (Wildman–Crippen LogP) is 3.39. The summed E-state index contributed by atoms with van der Waals surface area (Å²) in [4.78, 5) is 0. The van der Waals surface area contributed by atoms with Crippen molar-refractivity contribution in [3.8, 4) is 0 Å². The Bertz CT molecular complexity index is 374. The quantitative estimate of drug-likeness (QED) is 0.499. The molecule has 15 heavy (non-hydrogen) atoms. The highest BCUT2D eigenvalue weighted by molar-refractivity contribution is 14.1. The van der Waals surface area contributed by atoms with Crippen LogP contribution in [0.1, 0.15) is 19.3 Å². The van der Waals surface area contributed by atoms with Crippen LogP contribution in [0.3, 0.4) is 0 Å². The molecule has 1 aromatic carbocycles. The zero-order chi connectivity index (χ0) is 10.7. The van der Waals surface area contributed by atoms with E-state index in [0.29, 0.717) is 6.04 Å². The molecule has 3 heteroatoms. The monoisotopic (exact) mass is 314 g/mol. The Morgan fingerprint density at radius 3 is 2.87 bits per heavy atom. The summed E-state index contributed by atoms with van der Waals surface area (Å²) in [6.07, 6.45) is 7.95. The average Bonchev–Trinajstić information content (AvgIpc) is 2.24. The summed E-state index contributed by atoms with van der Waals surface area (Å²) < 4.78 is 1.18. The summed E-state index contributed by atoms with van der Waals surface area (Å²) >= 11 is 2.27. The molecule has 2 nitrogen and oxygen atoms in total. The Kier molecular flexibility index (Phi) is 3.51. The third-order valence-corrected chi connectivity index (χ3v) is 3.31. The average molecular weight is 314 g/mol. The van der Waals surface area contributed by atoms with Crippen molar-refractivity contribution >= 4 is 34.0 Å². The minimum atomic E-state index is 0.539. The third kappa shape index (κ3) is 2.87. The van der Waals surface area contributed by atoms with Crippen molar-refractivity contribution in [2.45, 2.75) is 25.3 Å². The fourth-order valence-electron chi connectivity index (χ4n) is 1.81. The molecule has 0 spiro atoms. The minimum Gasteiger partial charge on any atom is -0.397 e. The van der Waals surface area contributed by atoms with Gasteiger partial charge in [0.2, 0.25) is 0 Å². The number of hydrogen-bond donors (Lipinski definition) is 2. The van der Waals surface area contributed by atoms with Gasteiger partial charge in [-0.15, -0.1) is 0 Å². The van der Waals surface area contributed by atoms with Gasteiger partial charge in [-0.2, -0.15) is 0 Å². The van der Waals surface area contributed by atoms with E-state index in [2.05, 4.69) is 52.2 Å². The molecular formula is C12H15IN2. The van der Waals surface area contributed by atoms with Crippen molar-refractivity contribution in [3.63, 3.8) is 0 Å². The Morgan fingerprint density at radius 2 is 2.20 bits per heavy atom. The largest absolute Gasteiger partial charge is 0.397 e. The van der Waals surface area contributed by atoms with Gasteiger partial charge in [-0.1, -0.05) is 12.2 Å². The van der Waals surface area contributed by atoms with Gasteiger partial charge in [-0.3, -0.25) is 0 Å². The molecule has 0 heterocycles. The molecule has 2 rings (SSSR count). The molecule has 1 aliphatic rings. The van der Waals surface area contributed by atoms with E-state index in [4.69, 9.17) is 5.73 Å². The van der Waals surface area contributed by atoms with Gasteiger partial charge >= 0.3 is 0 Å². The molecule has 1 aromatic rings. The van der Waals surface area contributed by atoms with Crippen molar-refractivity contribution in [1.82, 2.24) is 0 Å². The van der Waals surface area contributed by atoms with E-state index in [1.54, 1.807) is 0 Å². The van der Waals surface area contributed by atoms with E-state index < -0.39 is 0 Å². The first-order valence-electron chi connectivity index (χ1n) is 5.22. The second kappa shape index (κ2) is 4.88. The normalized spacial score (nSPS) is 20.2. The van der Waals surface area contributed by atoms with Crippen molar-refractivity contribution in [3.05, 3.63) is 33.9 Å². The van der Waals surface area contributed by atoms with Crippen LogP contribution in [-0.4, -0.2) is 6.04 Å². The van der Waals surface area contributed by atoms with Gasteiger partial charge in [0.05, 0.1) is 11.4 Å². The lowest BCUT2D eigenvalue weighted by molar-refractivity contribution is 0.645. The Labute approximate surface area is 104 Å². The summed E-state index contributed by atoms with van der Waals surface area (Å²) in [6.45, 7) is 0. The maximum Gasteiger partial charge on any atom is 0.0576 e. The SMILES string of the molecule is Nc1cc(I)ccc1NC1CC=CCC1. The summed E-state index contributed by atoms with van der Waals surface area (Å²) in [5, 5.41) is 3.50. The lowest BCUT2D eigenvalue weighted by Crippen LogP contribution is -2.20. The molecule has 0 radical (unpaired) electrons. The van der Waals surface area contributed by atoms with Crippen molar-refractivity contribution in [2.24, 2.45) is 0 Å². The van der Waals surface area contributed by atoms with Crippen molar-refractivity contribution < 1.29 is 0 Å². The van der Waals surface area contributed by atoms with Gasteiger partial charge in [0.1, 0.15) is 0 Å². The topological polar surface area (TPSA) is 38.0 Å². The maximum atomic E-state index is 5.95. The van der Waals surface area contributed by atoms with E-state index in [1.165, 1.54) is 16.4 Å². The van der Waals surface area contributed by atoms with Crippen LogP contribution < -0.4 is 11.1 Å². The van der Waals surface area contributed by atoms with E-state index >= 15 is 0 Å². The number of nitrogens with two attached hydrogens (primary N) is 1. The zero-order valence-electron chi connectivity index (χ0n) is 8.54. The van der Waals surface area contributed by atoms with Crippen LogP contribution in [0.2, 0.25) is 0 Å². The molecule has 1 atom stereocenters. The van der Waals surface area contributed by atoms with Crippen molar-refractivity contribution in [1.29, 1.82) is 0 Å². The fraction of sp³-hybridized carbons (Fsp3) is 0.333. The molecule has 80 valence electrons. The number of nitrogens with one attached hydrogen (secondary N) is 1. The van der Waals surface area contributed by atoms with Gasteiger partial charge in [-0.25, -0.2) is 0 Å².